The highest BCUT2D eigenvalue weighted by Gasteiger charge is 2.34. The van der Waals surface area contributed by atoms with Gasteiger partial charge >= 0.3 is 6.09 Å². The fourth-order valence-electron chi connectivity index (χ4n) is 3.73. The number of carbonyl (C=O) groups excluding carboxylic acids is 1. The van der Waals surface area contributed by atoms with Crippen molar-refractivity contribution >= 4 is 17.5 Å². The van der Waals surface area contributed by atoms with Crippen LogP contribution in [0.5, 0.6) is 0 Å². The van der Waals surface area contributed by atoms with Crippen LogP contribution >= 0.6 is 0 Å². The summed E-state index contributed by atoms with van der Waals surface area (Å²) in [6.45, 7) is 4.77. The molecule has 0 aromatic heterocycles. The first-order chi connectivity index (χ1) is 10.3. The van der Waals surface area contributed by atoms with Gasteiger partial charge in [-0.25, -0.2) is 4.79 Å². The van der Waals surface area contributed by atoms with E-state index in [1.54, 1.807) is 4.90 Å². The number of benzene rings is 1. The van der Waals surface area contributed by atoms with E-state index in [-0.39, 0.29) is 6.09 Å². The van der Waals surface area contributed by atoms with Gasteiger partial charge in [-0.15, -0.1) is 0 Å². The molecule has 1 aromatic carbocycles. The summed E-state index contributed by atoms with van der Waals surface area (Å²) < 4.78 is 5.01. The lowest BCUT2D eigenvalue weighted by atomic mass is 9.84. The fraction of sp³-hybridized carbons (Fsp3) is 0.562. The number of nitrogens with zero attached hydrogens (tertiary/aromatic N) is 2. The highest BCUT2D eigenvalue weighted by molar-refractivity contribution is 5.89. The quantitative estimate of drug-likeness (QED) is 0.925. The summed E-state index contributed by atoms with van der Waals surface area (Å²) in [5.41, 5.74) is 2.02. The average Bonchev–Trinajstić information content (AvgIpc) is 2.95. The predicted molar refractivity (Wildman–Crippen MR) is 81.7 cm³/mol. The van der Waals surface area contributed by atoms with E-state index in [4.69, 9.17) is 4.74 Å². The van der Waals surface area contributed by atoms with E-state index in [2.05, 4.69) is 22.3 Å². The first kappa shape index (κ1) is 13.0. The van der Waals surface area contributed by atoms with Crippen molar-refractivity contribution in [1.82, 2.24) is 4.90 Å². The highest BCUT2D eigenvalue weighted by Crippen LogP contribution is 2.30. The van der Waals surface area contributed by atoms with Crippen LogP contribution in [0.1, 0.15) is 12.8 Å². The molecule has 0 spiro atoms. The number of carbonyl (C=O) groups is 1. The van der Waals surface area contributed by atoms with Crippen LogP contribution in [0.4, 0.5) is 16.2 Å². The molecular formula is C16H21N3O2. The van der Waals surface area contributed by atoms with E-state index in [1.807, 2.05) is 12.1 Å². The summed E-state index contributed by atoms with van der Waals surface area (Å²) in [5, 5.41) is 3.67. The molecule has 4 heterocycles. The second kappa shape index (κ2) is 5.22. The second-order valence-corrected chi connectivity index (χ2v) is 6.21. The van der Waals surface area contributed by atoms with Gasteiger partial charge in [0, 0.05) is 24.0 Å². The zero-order chi connectivity index (χ0) is 14.2. The molecule has 0 aliphatic carbocycles. The Labute approximate surface area is 124 Å². The molecule has 5 nitrogen and oxygen atoms in total. The van der Waals surface area contributed by atoms with E-state index in [0.29, 0.717) is 19.2 Å². The van der Waals surface area contributed by atoms with E-state index in [9.17, 15) is 4.79 Å². The van der Waals surface area contributed by atoms with Crippen molar-refractivity contribution < 1.29 is 9.53 Å². The van der Waals surface area contributed by atoms with Crippen LogP contribution in [0.3, 0.4) is 0 Å². The number of nitrogens with one attached hydrogen (secondary N) is 1. The Morgan fingerprint density at radius 3 is 2.71 bits per heavy atom. The van der Waals surface area contributed by atoms with E-state index < -0.39 is 0 Å². The maximum absolute atomic E-state index is 11.7. The molecule has 4 saturated heterocycles. The first-order valence-electron chi connectivity index (χ1n) is 7.83. The van der Waals surface area contributed by atoms with Gasteiger partial charge in [-0.1, -0.05) is 6.07 Å². The first-order valence-corrected chi connectivity index (χ1v) is 7.83. The third-order valence-electron chi connectivity index (χ3n) is 4.93. The Balaban J connectivity index is 1.49. The number of ether oxygens (including phenoxy) is 1. The Bertz CT molecular complexity index is 540. The van der Waals surface area contributed by atoms with Gasteiger partial charge in [-0.3, -0.25) is 4.90 Å². The topological polar surface area (TPSA) is 44.8 Å². The minimum atomic E-state index is -0.241. The van der Waals surface area contributed by atoms with Gasteiger partial charge in [0.25, 0.3) is 0 Å². The molecule has 1 atom stereocenters. The number of rotatable bonds is 3. The molecule has 112 valence electrons. The van der Waals surface area contributed by atoms with Crippen LogP contribution < -0.4 is 10.2 Å². The molecule has 1 unspecified atom stereocenters. The zero-order valence-corrected chi connectivity index (χ0v) is 12.1. The number of hydrogen-bond acceptors (Lipinski definition) is 4. The molecule has 21 heavy (non-hydrogen) atoms. The van der Waals surface area contributed by atoms with Crippen LogP contribution in [0, 0.1) is 5.92 Å². The lowest BCUT2D eigenvalue weighted by Gasteiger charge is -2.45. The van der Waals surface area contributed by atoms with E-state index >= 15 is 0 Å². The molecule has 0 radical (unpaired) electrons. The third kappa shape index (κ3) is 2.46. The second-order valence-electron chi connectivity index (χ2n) is 6.21. The maximum Gasteiger partial charge on any atom is 0.414 e. The number of anilines is 2. The highest BCUT2D eigenvalue weighted by atomic mass is 16.6. The van der Waals surface area contributed by atoms with Crippen molar-refractivity contribution in [3.63, 3.8) is 0 Å². The molecule has 5 heteroatoms. The molecule has 4 fully saturated rings. The molecular weight excluding hydrogens is 266 g/mol. The lowest BCUT2D eigenvalue weighted by molar-refractivity contribution is 0.0975. The predicted octanol–water partition coefficient (Wildman–Crippen LogP) is 2.15. The van der Waals surface area contributed by atoms with E-state index in [0.717, 1.165) is 23.8 Å². The van der Waals surface area contributed by atoms with Crippen LogP contribution in [-0.4, -0.2) is 49.8 Å². The zero-order valence-electron chi connectivity index (χ0n) is 12.1. The van der Waals surface area contributed by atoms with Gasteiger partial charge in [0.15, 0.2) is 0 Å². The normalized spacial score (nSPS) is 31.3. The molecule has 1 amide bonds. The summed E-state index contributed by atoms with van der Waals surface area (Å²) in [6.07, 6.45) is 2.36. The number of hydrogen-bond donors (Lipinski definition) is 1. The van der Waals surface area contributed by atoms with Crippen molar-refractivity contribution in [2.24, 2.45) is 5.92 Å². The van der Waals surface area contributed by atoms with Crippen molar-refractivity contribution in [2.75, 3.05) is 43.0 Å². The lowest BCUT2D eigenvalue weighted by Crippen LogP contribution is -2.53. The Morgan fingerprint density at radius 1 is 1.19 bits per heavy atom. The summed E-state index contributed by atoms with van der Waals surface area (Å²) >= 11 is 0. The minimum Gasteiger partial charge on any atom is -0.447 e. The minimum absolute atomic E-state index is 0.241. The molecule has 2 bridgehead atoms. The molecule has 1 N–H and O–H groups in total. The summed E-state index contributed by atoms with van der Waals surface area (Å²) in [6, 6.07) is 8.65. The fourth-order valence-corrected chi connectivity index (χ4v) is 3.73. The van der Waals surface area contributed by atoms with Gasteiger partial charge in [0.1, 0.15) is 6.61 Å². The van der Waals surface area contributed by atoms with E-state index in [1.165, 1.54) is 25.9 Å². The van der Waals surface area contributed by atoms with Gasteiger partial charge in [-0.2, -0.15) is 0 Å². The van der Waals surface area contributed by atoms with Crippen LogP contribution in [0.2, 0.25) is 0 Å². The Kier molecular flexibility index (Phi) is 3.22. The summed E-state index contributed by atoms with van der Waals surface area (Å²) in [7, 11) is 0. The van der Waals surface area contributed by atoms with Gasteiger partial charge in [-0.05, 0) is 50.0 Å². The van der Waals surface area contributed by atoms with Gasteiger partial charge in [0.05, 0.1) is 6.54 Å². The monoisotopic (exact) mass is 287 g/mol. The van der Waals surface area contributed by atoms with Crippen molar-refractivity contribution in [3.8, 4) is 0 Å². The van der Waals surface area contributed by atoms with Crippen LogP contribution in [-0.2, 0) is 4.74 Å². The summed E-state index contributed by atoms with van der Waals surface area (Å²) in [5.74, 6) is 0.787. The molecule has 1 aromatic rings. The number of cyclic esters (lactones) is 1. The average molecular weight is 287 g/mol. The SMILES string of the molecule is O=C1OCCN1c1cccc(NC2CN3CCC2CC3)c1. The van der Waals surface area contributed by atoms with Gasteiger partial charge < -0.3 is 15.0 Å². The number of fused-ring (bicyclic) bond motifs is 3. The molecule has 4 aliphatic rings. The maximum atomic E-state index is 11.7. The molecule has 5 rings (SSSR count). The van der Waals surface area contributed by atoms with Gasteiger partial charge in [0.2, 0.25) is 0 Å². The van der Waals surface area contributed by atoms with Crippen LogP contribution in [0.25, 0.3) is 0 Å². The smallest absolute Gasteiger partial charge is 0.414 e. The van der Waals surface area contributed by atoms with Crippen molar-refractivity contribution in [3.05, 3.63) is 24.3 Å². The van der Waals surface area contributed by atoms with Crippen molar-refractivity contribution in [2.45, 2.75) is 18.9 Å². The Morgan fingerprint density at radius 2 is 2.05 bits per heavy atom. The standard InChI is InChI=1S/C16H21N3O2/c20-16-19(8-9-21-16)14-3-1-2-13(10-14)17-15-11-18-6-4-12(15)5-7-18/h1-3,10,12,15,17H,4-9,11H2. The molecule has 0 saturated carbocycles. The third-order valence-corrected chi connectivity index (χ3v) is 4.93. The summed E-state index contributed by atoms with van der Waals surface area (Å²) in [4.78, 5) is 15.9. The number of piperidine rings is 3. The Hall–Kier alpha value is -1.75. The van der Waals surface area contributed by atoms with Crippen LogP contribution in [0.15, 0.2) is 24.3 Å². The molecule has 4 aliphatic heterocycles. The number of amides is 1. The largest absolute Gasteiger partial charge is 0.447 e. The van der Waals surface area contributed by atoms with Crippen molar-refractivity contribution in [1.29, 1.82) is 0 Å².